The summed E-state index contributed by atoms with van der Waals surface area (Å²) in [5, 5.41) is 0. The van der Waals surface area contributed by atoms with Crippen LogP contribution in [-0.4, -0.2) is 62.5 Å². The molecule has 37 heavy (non-hydrogen) atoms. The Morgan fingerprint density at radius 1 is 0.730 bits per heavy atom. The van der Waals surface area contributed by atoms with E-state index in [1.807, 2.05) is 49.5 Å². The van der Waals surface area contributed by atoms with Gasteiger partial charge in [0, 0.05) is 31.5 Å². The predicted molar refractivity (Wildman–Crippen MR) is 141 cm³/mol. The lowest BCUT2D eigenvalue weighted by molar-refractivity contribution is -0.140. The summed E-state index contributed by atoms with van der Waals surface area (Å²) in [6, 6.07) is 22.7. The molecule has 0 aromatic heterocycles. The molecule has 1 heterocycles. The predicted octanol–water partition coefficient (Wildman–Crippen LogP) is 4.07. The van der Waals surface area contributed by atoms with E-state index in [4.69, 9.17) is 9.47 Å². The van der Waals surface area contributed by atoms with Gasteiger partial charge in [-0.3, -0.25) is 14.5 Å². The van der Waals surface area contributed by atoms with Crippen molar-refractivity contribution in [3.05, 3.63) is 94.5 Å². The number of nitrogens with zero attached hydrogens (tertiary/aromatic N) is 2. The Labute approximate surface area is 217 Å². The van der Waals surface area contributed by atoms with Crippen LogP contribution in [0.4, 0.5) is 0 Å². The summed E-state index contributed by atoms with van der Waals surface area (Å²) in [7, 11) is 5.30. The summed E-state index contributed by atoms with van der Waals surface area (Å²) in [6.45, 7) is 1.86. The number of rotatable bonds is 8. The van der Waals surface area contributed by atoms with Gasteiger partial charge in [-0.2, -0.15) is 0 Å². The molecule has 4 aliphatic rings. The van der Waals surface area contributed by atoms with E-state index in [9.17, 15) is 9.59 Å². The van der Waals surface area contributed by atoms with E-state index in [0.717, 1.165) is 24.3 Å². The van der Waals surface area contributed by atoms with Crippen molar-refractivity contribution in [3.63, 3.8) is 0 Å². The topological polar surface area (TPSA) is 59.1 Å². The average Bonchev–Trinajstić information content (AvgIpc) is 3.20. The zero-order valence-electron chi connectivity index (χ0n) is 21.5. The maximum atomic E-state index is 13.7. The van der Waals surface area contributed by atoms with E-state index in [2.05, 4.69) is 29.2 Å². The van der Waals surface area contributed by atoms with Crippen molar-refractivity contribution in [2.75, 3.05) is 40.9 Å². The number of hydrogen-bond donors (Lipinski definition) is 0. The molecule has 1 aliphatic heterocycles. The second-order valence-corrected chi connectivity index (χ2v) is 10.3. The lowest BCUT2D eigenvalue weighted by Gasteiger charge is -2.45. The molecule has 0 radical (unpaired) electrons. The minimum atomic E-state index is -0.306. The minimum Gasteiger partial charge on any atom is -0.493 e. The van der Waals surface area contributed by atoms with Crippen LogP contribution < -0.4 is 9.47 Å². The maximum absolute atomic E-state index is 13.7. The van der Waals surface area contributed by atoms with Crippen molar-refractivity contribution in [2.24, 2.45) is 11.8 Å². The highest BCUT2D eigenvalue weighted by molar-refractivity contribution is 6.07. The van der Waals surface area contributed by atoms with Crippen LogP contribution in [0.15, 0.2) is 66.7 Å². The number of likely N-dealkylation sites (N-methyl/N-ethyl adjacent to an activating group) is 1. The lowest BCUT2D eigenvalue weighted by Crippen LogP contribution is -2.41. The highest BCUT2D eigenvalue weighted by atomic mass is 16.5. The highest BCUT2D eigenvalue weighted by Crippen LogP contribution is 2.60. The van der Waals surface area contributed by atoms with E-state index in [-0.39, 0.29) is 35.5 Å². The number of carbonyl (C=O) groups excluding carboxylic acids is 2. The van der Waals surface area contributed by atoms with Crippen molar-refractivity contribution in [1.29, 1.82) is 0 Å². The molecule has 0 spiro atoms. The molecule has 3 aliphatic carbocycles. The number of ether oxygens (including phenoxy) is 2. The molecule has 0 saturated carbocycles. The Bertz CT molecular complexity index is 1250. The van der Waals surface area contributed by atoms with Crippen LogP contribution in [0, 0.1) is 11.8 Å². The summed E-state index contributed by atoms with van der Waals surface area (Å²) in [4.78, 5) is 31.2. The zero-order chi connectivity index (χ0) is 25.7. The van der Waals surface area contributed by atoms with Crippen LogP contribution in [0.3, 0.4) is 0 Å². The van der Waals surface area contributed by atoms with Gasteiger partial charge < -0.3 is 14.4 Å². The molecule has 7 rings (SSSR count). The van der Waals surface area contributed by atoms with Crippen LogP contribution in [0.5, 0.6) is 11.5 Å². The van der Waals surface area contributed by atoms with Crippen molar-refractivity contribution in [1.82, 2.24) is 9.80 Å². The summed E-state index contributed by atoms with van der Waals surface area (Å²) < 4.78 is 10.7. The third-order valence-corrected chi connectivity index (χ3v) is 8.48. The van der Waals surface area contributed by atoms with E-state index in [1.165, 1.54) is 22.3 Å². The molecular weight excluding hydrogens is 464 g/mol. The fourth-order valence-corrected chi connectivity index (χ4v) is 6.70. The number of imide groups is 1. The van der Waals surface area contributed by atoms with Gasteiger partial charge in [-0.15, -0.1) is 0 Å². The average molecular weight is 497 g/mol. The highest BCUT2D eigenvalue weighted by Gasteiger charge is 2.61. The van der Waals surface area contributed by atoms with Gasteiger partial charge in [0.05, 0.1) is 26.1 Å². The number of benzene rings is 3. The lowest BCUT2D eigenvalue weighted by atomic mass is 9.55. The molecule has 2 bridgehead atoms. The number of hydrogen-bond acceptors (Lipinski definition) is 5. The van der Waals surface area contributed by atoms with Gasteiger partial charge in [-0.1, -0.05) is 54.6 Å². The molecule has 190 valence electrons. The Hall–Kier alpha value is -3.64. The first kappa shape index (κ1) is 23.7. The first-order valence-electron chi connectivity index (χ1n) is 13.0. The second kappa shape index (κ2) is 9.34. The van der Waals surface area contributed by atoms with Crippen LogP contribution in [0.25, 0.3) is 0 Å². The zero-order valence-corrected chi connectivity index (χ0v) is 21.5. The van der Waals surface area contributed by atoms with Gasteiger partial charge in [0.25, 0.3) is 0 Å². The Morgan fingerprint density at radius 3 is 1.73 bits per heavy atom. The van der Waals surface area contributed by atoms with Gasteiger partial charge in [-0.05, 0) is 53.4 Å². The van der Waals surface area contributed by atoms with E-state index in [0.29, 0.717) is 18.8 Å². The summed E-state index contributed by atoms with van der Waals surface area (Å²) in [6.07, 6.45) is 0.832. The van der Waals surface area contributed by atoms with Gasteiger partial charge in [-0.25, -0.2) is 0 Å². The minimum absolute atomic E-state index is 0.0118. The summed E-state index contributed by atoms with van der Waals surface area (Å²) >= 11 is 0. The van der Waals surface area contributed by atoms with Gasteiger partial charge in [0.15, 0.2) is 11.5 Å². The fraction of sp³-hybridized carbons (Fsp3) is 0.355. The first-order chi connectivity index (χ1) is 18.0. The smallest absolute Gasteiger partial charge is 0.234 e. The maximum Gasteiger partial charge on any atom is 0.234 e. The SMILES string of the molecule is COc1ccc(CCN(C)CCN2C(=O)[C@@H]3C4c5ccccc5C(c5ccccc54)[C@@H]3C2=O)cc1OC. The normalized spacial score (nSPS) is 23.2. The van der Waals surface area contributed by atoms with Gasteiger partial charge >= 0.3 is 0 Å². The van der Waals surface area contributed by atoms with Crippen LogP contribution >= 0.6 is 0 Å². The number of amides is 2. The summed E-state index contributed by atoms with van der Waals surface area (Å²) in [5.41, 5.74) is 5.99. The number of methoxy groups -OCH3 is 2. The summed E-state index contributed by atoms with van der Waals surface area (Å²) in [5.74, 6) is 0.696. The van der Waals surface area contributed by atoms with Crippen molar-refractivity contribution < 1.29 is 19.1 Å². The van der Waals surface area contributed by atoms with E-state index in [1.54, 1.807) is 19.1 Å². The molecule has 1 saturated heterocycles. The molecule has 0 unspecified atom stereocenters. The quantitative estimate of drug-likeness (QED) is 0.440. The van der Waals surface area contributed by atoms with Crippen molar-refractivity contribution >= 4 is 11.8 Å². The van der Waals surface area contributed by atoms with E-state index < -0.39 is 0 Å². The van der Waals surface area contributed by atoms with Crippen LogP contribution in [-0.2, 0) is 16.0 Å². The fourth-order valence-electron chi connectivity index (χ4n) is 6.70. The molecule has 1 fully saturated rings. The van der Waals surface area contributed by atoms with Crippen LogP contribution in [0.2, 0.25) is 0 Å². The monoisotopic (exact) mass is 496 g/mol. The molecular formula is C31H32N2O4. The molecule has 2 amide bonds. The second-order valence-electron chi connectivity index (χ2n) is 10.3. The Balaban J connectivity index is 1.17. The Kier molecular flexibility index (Phi) is 6.00. The first-order valence-corrected chi connectivity index (χ1v) is 13.0. The molecule has 6 nitrogen and oxygen atoms in total. The number of likely N-dealkylation sites (tertiary alicyclic amines) is 1. The standard InChI is InChI=1S/C31H32N2O4/c1-32(15-14-19-12-13-24(36-2)25(18-19)37-3)16-17-33-30(34)28-26-20-8-4-5-9-21(20)27(29(28)31(33)35)23-11-7-6-10-22(23)26/h4-13,18,26-29H,14-17H2,1-3H3/t26?,27?,28-,29+. The van der Waals surface area contributed by atoms with E-state index >= 15 is 0 Å². The number of carbonyl (C=O) groups is 2. The van der Waals surface area contributed by atoms with Crippen molar-refractivity contribution in [2.45, 2.75) is 18.3 Å². The van der Waals surface area contributed by atoms with Gasteiger partial charge in [0.1, 0.15) is 0 Å². The third kappa shape index (κ3) is 3.74. The molecule has 2 atom stereocenters. The third-order valence-electron chi connectivity index (χ3n) is 8.48. The van der Waals surface area contributed by atoms with Crippen molar-refractivity contribution in [3.8, 4) is 11.5 Å². The molecule has 3 aromatic carbocycles. The van der Waals surface area contributed by atoms with Crippen LogP contribution in [0.1, 0.15) is 39.7 Å². The molecule has 3 aromatic rings. The Morgan fingerprint density at radius 2 is 1.24 bits per heavy atom. The largest absolute Gasteiger partial charge is 0.493 e. The van der Waals surface area contributed by atoms with Gasteiger partial charge in [0.2, 0.25) is 11.8 Å². The molecule has 6 heteroatoms. The molecule has 0 N–H and O–H groups in total.